The predicted octanol–water partition coefficient (Wildman–Crippen LogP) is 3.17. The van der Waals surface area contributed by atoms with Crippen LogP contribution in [0.4, 0.5) is 0 Å². The third kappa shape index (κ3) is 4.27. The molecule has 1 aromatic rings. The lowest BCUT2D eigenvalue weighted by Crippen LogP contribution is -2.41. The molecule has 0 radical (unpaired) electrons. The Bertz CT molecular complexity index is 369. The first-order valence-electron chi connectivity index (χ1n) is 6.75. The van der Waals surface area contributed by atoms with Gasteiger partial charge in [-0.25, -0.2) is 0 Å². The predicted molar refractivity (Wildman–Crippen MR) is 76.0 cm³/mol. The fraction of sp³-hybridized carbons (Fsp3) is 0.600. The van der Waals surface area contributed by atoms with Crippen LogP contribution in [0.5, 0.6) is 0 Å². The second-order valence-electron chi connectivity index (χ2n) is 5.65. The molecule has 1 aliphatic rings. The van der Waals surface area contributed by atoms with E-state index in [1.54, 1.807) is 0 Å². The van der Waals surface area contributed by atoms with Gasteiger partial charge < -0.3 is 10.4 Å². The van der Waals surface area contributed by atoms with Crippen LogP contribution in [-0.2, 0) is 6.42 Å². The first kappa shape index (κ1) is 13.9. The van der Waals surface area contributed by atoms with Crippen molar-refractivity contribution in [1.29, 1.82) is 0 Å². The summed E-state index contributed by atoms with van der Waals surface area (Å²) in [5.41, 5.74) is 0.489. The van der Waals surface area contributed by atoms with Crippen molar-refractivity contribution in [2.75, 3.05) is 6.54 Å². The van der Waals surface area contributed by atoms with E-state index >= 15 is 0 Å². The molecule has 100 valence electrons. The molecule has 2 unspecified atom stereocenters. The molecule has 1 saturated heterocycles. The molecule has 0 amide bonds. The van der Waals surface area contributed by atoms with Crippen LogP contribution in [0, 0.1) is 0 Å². The van der Waals surface area contributed by atoms with E-state index in [4.69, 9.17) is 11.6 Å². The smallest absolute Gasteiger partial charge is 0.0674 e. The third-order valence-corrected chi connectivity index (χ3v) is 3.85. The first-order chi connectivity index (χ1) is 8.55. The third-order valence-electron chi connectivity index (χ3n) is 3.60. The van der Waals surface area contributed by atoms with Crippen LogP contribution in [0.15, 0.2) is 24.3 Å². The molecule has 2 nitrogen and oxygen atoms in total. The number of hydrogen-bond acceptors (Lipinski definition) is 2. The zero-order valence-corrected chi connectivity index (χ0v) is 11.7. The van der Waals surface area contributed by atoms with Crippen LogP contribution >= 0.6 is 11.6 Å². The Labute approximate surface area is 114 Å². The fourth-order valence-corrected chi connectivity index (χ4v) is 2.87. The van der Waals surface area contributed by atoms with E-state index < -0.39 is 5.60 Å². The molecule has 0 spiro atoms. The van der Waals surface area contributed by atoms with Gasteiger partial charge in [0.15, 0.2) is 0 Å². The second-order valence-corrected chi connectivity index (χ2v) is 6.09. The molecule has 1 heterocycles. The van der Waals surface area contributed by atoms with Crippen LogP contribution < -0.4 is 5.32 Å². The molecule has 1 aliphatic heterocycles. The summed E-state index contributed by atoms with van der Waals surface area (Å²) in [6.45, 7) is 3.01. The number of piperidine rings is 1. The lowest BCUT2D eigenvalue weighted by Gasteiger charge is -2.31. The summed E-state index contributed by atoms with van der Waals surface area (Å²) in [4.78, 5) is 0. The Morgan fingerprint density at radius 1 is 1.33 bits per heavy atom. The van der Waals surface area contributed by atoms with Gasteiger partial charge in [0.1, 0.15) is 0 Å². The molecule has 0 saturated carbocycles. The van der Waals surface area contributed by atoms with Gasteiger partial charge in [-0.3, -0.25) is 0 Å². The van der Waals surface area contributed by atoms with Crippen LogP contribution in [0.2, 0.25) is 5.02 Å². The minimum atomic E-state index is -0.650. The van der Waals surface area contributed by atoms with E-state index in [0.29, 0.717) is 12.5 Å². The van der Waals surface area contributed by atoms with Crippen molar-refractivity contribution in [3.63, 3.8) is 0 Å². The van der Waals surface area contributed by atoms with Gasteiger partial charge in [0.25, 0.3) is 0 Å². The van der Waals surface area contributed by atoms with E-state index in [0.717, 1.165) is 23.6 Å². The molecule has 18 heavy (non-hydrogen) atoms. The largest absolute Gasteiger partial charge is 0.390 e. The molecule has 1 fully saturated rings. The molecule has 2 rings (SSSR count). The Hall–Kier alpha value is -0.570. The van der Waals surface area contributed by atoms with Crippen molar-refractivity contribution < 1.29 is 5.11 Å². The van der Waals surface area contributed by atoms with Crippen molar-refractivity contribution in [2.24, 2.45) is 0 Å². The zero-order chi connectivity index (χ0) is 13.0. The van der Waals surface area contributed by atoms with Crippen molar-refractivity contribution in [3.05, 3.63) is 34.9 Å². The SMILES string of the molecule is CC(O)(Cc1ccc(Cl)cc1)CC1CCCCN1. The number of benzene rings is 1. The van der Waals surface area contributed by atoms with Gasteiger partial charge in [-0.05, 0) is 50.4 Å². The van der Waals surface area contributed by atoms with Crippen molar-refractivity contribution >= 4 is 11.6 Å². The molecular formula is C15H22ClNO. The van der Waals surface area contributed by atoms with Crippen LogP contribution in [-0.4, -0.2) is 23.3 Å². The Kier molecular flexibility index (Phi) is 4.66. The molecule has 2 atom stereocenters. The zero-order valence-electron chi connectivity index (χ0n) is 11.0. The van der Waals surface area contributed by atoms with Crippen molar-refractivity contribution in [2.45, 2.75) is 50.7 Å². The van der Waals surface area contributed by atoms with E-state index in [2.05, 4.69) is 5.32 Å². The van der Waals surface area contributed by atoms with Gasteiger partial charge in [0.2, 0.25) is 0 Å². The number of nitrogens with one attached hydrogen (secondary N) is 1. The van der Waals surface area contributed by atoms with Gasteiger partial charge in [-0.2, -0.15) is 0 Å². The summed E-state index contributed by atoms with van der Waals surface area (Å²) in [5.74, 6) is 0. The van der Waals surface area contributed by atoms with Gasteiger partial charge >= 0.3 is 0 Å². The Morgan fingerprint density at radius 3 is 2.67 bits per heavy atom. The average Bonchev–Trinajstić information content (AvgIpc) is 2.32. The van der Waals surface area contributed by atoms with Gasteiger partial charge in [0.05, 0.1) is 5.60 Å². The summed E-state index contributed by atoms with van der Waals surface area (Å²) in [5, 5.41) is 14.7. The highest BCUT2D eigenvalue weighted by Gasteiger charge is 2.26. The molecule has 0 aromatic heterocycles. The number of hydrogen-bond donors (Lipinski definition) is 2. The summed E-state index contributed by atoms with van der Waals surface area (Å²) < 4.78 is 0. The van der Waals surface area contributed by atoms with E-state index in [-0.39, 0.29) is 0 Å². The Morgan fingerprint density at radius 2 is 2.06 bits per heavy atom. The Balaban J connectivity index is 1.91. The minimum Gasteiger partial charge on any atom is -0.390 e. The van der Waals surface area contributed by atoms with E-state index in [9.17, 15) is 5.11 Å². The van der Waals surface area contributed by atoms with Crippen LogP contribution in [0.25, 0.3) is 0 Å². The minimum absolute atomic E-state index is 0.459. The lowest BCUT2D eigenvalue weighted by molar-refractivity contribution is 0.0371. The van der Waals surface area contributed by atoms with Crippen molar-refractivity contribution in [3.8, 4) is 0 Å². The van der Waals surface area contributed by atoms with E-state index in [1.165, 1.54) is 19.3 Å². The topological polar surface area (TPSA) is 32.3 Å². The summed E-state index contributed by atoms with van der Waals surface area (Å²) in [6, 6.07) is 8.20. The highest BCUT2D eigenvalue weighted by molar-refractivity contribution is 6.30. The quantitative estimate of drug-likeness (QED) is 0.878. The average molecular weight is 268 g/mol. The fourth-order valence-electron chi connectivity index (χ4n) is 2.74. The van der Waals surface area contributed by atoms with Gasteiger partial charge in [0, 0.05) is 17.5 Å². The highest BCUT2D eigenvalue weighted by Crippen LogP contribution is 2.23. The van der Waals surface area contributed by atoms with Crippen LogP contribution in [0.1, 0.15) is 38.2 Å². The maximum absolute atomic E-state index is 10.5. The maximum atomic E-state index is 10.5. The number of halogens is 1. The van der Waals surface area contributed by atoms with Crippen LogP contribution in [0.3, 0.4) is 0 Å². The summed E-state index contributed by atoms with van der Waals surface area (Å²) in [6.07, 6.45) is 5.21. The standard InChI is InChI=1S/C15H22ClNO/c1-15(18,11-14-4-2-3-9-17-14)10-12-5-7-13(16)8-6-12/h5-8,14,17-18H,2-4,9-11H2,1H3. The monoisotopic (exact) mass is 267 g/mol. The van der Waals surface area contributed by atoms with Gasteiger partial charge in [-0.15, -0.1) is 0 Å². The maximum Gasteiger partial charge on any atom is 0.0674 e. The summed E-state index contributed by atoms with van der Waals surface area (Å²) in [7, 11) is 0. The second kappa shape index (κ2) is 6.05. The molecule has 1 aromatic carbocycles. The van der Waals surface area contributed by atoms with Crippen molar-refractivity contribution in [1.82, 2.24) is 5.32 Å². The molecule has 2 N–H and O–H groups in total. The molecule has 3 heteroatoms. The first-order valence-corrected chi connectivity index (χ1v) is 7.13. The normalized spacial score (nSPS) is 23.6. The van der Waals surface area contributed by atoms with Gasteiger partial charge in [-0.1, -0.05) is 30.2 Å². The number of aliphatic hydroxyl groups is 1. The molecule has 0 bridgehead atoms. The molecule has 0 aliphatic carbocycles. The van der Waals surface area contributed by atoms with E-state index in [1.807, 2.05) is 31.2 Å². The summed E-state index contributed by atoms with van der Waals surface area (Å²) >= 11 is 5.87. The highest BCUT2D eigenvalue weighted by atomic mass is 35.5. The molecular weight excluding hydrogens is 246 g/mol. The lowest BCUT2D eigenvalue weighted by atomic mass is 9.87. The number of rotatable bonds is 4.